The minimum Gasteiger partial charge on any atom is -0.508 e. The van der Waals surface area contributed by atoms with E-state index in [9.17, 15) is 8.78 Å². The third kappa shape index (κ3) is 1.71. The summed E-state index contributed by atoms with van der Waals surface area (Å²) in [5.41, 5.74) is 5.36. The van der Waals surface area contributed by atoms with E-state index >= 15 is 0 Å². The number of benzene rings is 1. The Morgan fingerprint density at radius 2 is 2.17 bits per heavy atom. The quantitative estimate of drug-likeness (QED) is 0.711. The van der Waals surface area contributed by atoms with E-state index in [0.717, 1.165) is 18.2 Å². The van der Waals surface area contributed by atoms with Crippen molar-refractivity contribution in [2.24, 2.45) is 5.73 Å². The van der Waals surface area contributed by atoms with Crippen molar-refractivity contribution in [2.75, 3.05) is 6.67 Å². The molecule has 0 spiro atoms. The van der Waals surface area contributed by atoms with Crippen LogP contribution in [0.1, 0.15) is 11.6 Å². The van der Waals surface area contributed by atoms with Crippen molar-refractivity contribution in [3.8, 4) is 5.75 Å². The van der Waals surface area contributed by atoms with Gasteiger partial charge in [-0.3, -0.25) is 0 Å². The van der Waals surface area contributed by atoms with Gasteiger partial charge in [-0.2, -0.15) is 0 Å². The summed E-state index contributed by atoms with van der Waals surface area (Å²) in [6.07, 6.45) is 0. The summed E-state index contributed by atoms with van der Waals surface area (Å²) in [6, 6.07) is 2.31. The highest BCUT2D eigenvalue weighted by molar-refractivity contribution is 5.34. The van der Waals surface area contributed by atoms with Crippen molar-refractivity contribution in [1.29, 1.82) is 0 Å². The topological polar surface area (TPSA) is 46.2 Å². The van der Waals surface area contributed by atoms with E-state index in [1.54, 1.807) is 0 Å². The number of hydrogen-bond donors (Lipinski definition) is 2. The molecule has 0 fully saturated rings. The van der Waals surface area contributed by atoms with E-state index < -0.39 is 18.5 Å². The Kier molecular flexibility index (Phi) is 2.60. The zero-order chi connectivity index (χ0) is 9.14. The third-order valence-electron chi connectivity index (χ3n) is 1.56. The van der Waals surface area contributed by atoms with E-state index in [4.69, 9.17) is 10.8 Å². The molecular formula is C8H9F2NO. The number of rotatable bonds is 2. The van der Waals surface area contributed by atoms with Gasteiger partial charge in [-0.05, 0) is 18.2 Å². The van der Waals surface area contributed by atoms with E-state index in [1.165, 1.54) is 0 Å². The van der Waals surface area contributed by atoms with Crippen LogP contribution in [0.15, 0.2) is 18.2 Å². The van der Waals surface area contributed by atoms with Crippen molar-refractivity contribution >= 4 is 0 Å². The largest absolute Gasteiger partial charge is 0.508 e. The fraction of sp³-hybridized carbons (Fsp3) is 0.250. The maximum atomic E-state index is 12.6. The smallest absolute Gasteiger partial charge is 0.123 e. The molecule has 0 saturated carbocycles. The second-order valence-corrected chi connectivity index (χ2v) is 2.46. The van der Waals surface area contributed by atoms with E-state index in [2.05, 4.69) is 0 Å². The lowest BCUT2D eigenvalue weighted by atomic mass is 10.1. The Labute approximate surface area is 68.6 Å². The maximum absolute atomic E-state index is 12.6. The van der Waals surface area contributed by atoms with E-state index in [0.29, 0.717) is 0 Å². The molecule has 0 bridgehead atoms. The molecule has 4 heteroatoms. The minimum atomic E-state index is -0.958. The highest BCUT2D eigenvalue weighted by Gasteiger charge is 2.10. The Morgan fingerprint density at radius 3 is 2.75 bits per heavy atom. The number of phenols is 1. The van der Waals surface area contributed by atoms with Gasteiger partial charge in [0.25, 0.3) is 0 Å². The molecule has 0 radical (unpaired) electrons. The standard InChI is InChI=1S/C8H9F2NO/c9-4-7(11)6-3-5(10)1-2-8(6)12/h1-3,7,12H,4,11H2. The van der Waals surface area contributed by atoms with Crippen molar-refractivity contribution < 1.29 is 13.9 Å². The lowest BCUT2D eigenvalue weighted by molar-refractivity contribution is 0.412. The number of nitrogens with two attached hydrogens (primary N) is 1. The summed E-state index contributed by atoms with van der Waals surface area (Å²) >= 11 is 0. The predicted octanol–water partition coefficient (Wildman–Crippen LogP) is 1.50. The summed E-state index contributed by atoms with van der Waals surface area (Å²) < 4.78 is 24.6. The molecular weight excluding hydrogens is 164 g/mol. The molecule has 0 aliphatic heterocycles. The van der Waals surface area contributed by atoms with Crippen molar-refractivity contribution in [3.63, 3.8) is 0 Å². The van der Waals surface area contributed by atoms with Crippen LogP contribution >= 0.6 is 0 Å². The van der Waals surface area contributed by atoms with Gasteiger partial charge in [0, 0.05) is 5.56 Å². The molecule has 0 heterocycles. The third-order valence-corrected chi connectivity index (χ3v) is 1.56. The molecule has 0 aliphatic carbocycles. The molecule has 2 nitrogen and oxygen atoms in total. The molecule has 0 amide bonds. The summed E-state index contributed by atoms with van der Waals surface area (Å²) in [4.78, 5) is 0. The van der Waals surface area contributed by atoms with Gasteiger partial charge in [0.15, 0.2) is 0 Å². The predicted molar refractivity (Wildman–Crippen MR) is 41.0 cm³/mol. The van der Waals surface area contributed by atoms with Gasteiger partial charge in [-0.25, -0.2) is 8.78 Å². The number of aromatic hydroxyl groups is 1. The Morgan fingerprint density at radius 1 is 1.50 bits per heavy atom. The van der Waals surface area contributed by atoms with Crippen LogP contribution < -0.4 is 5.73 Å². The van der Waals surface area contributed by atoms with E-state index in [-0.39, 0.29) is 11.3 Å². The van der Waals surface area contributed by atoms with Gasteiger partial charge in [-0.1, -0.05) is 0 Å². The monoisotopic (exact) mass is 173 g/mol. The van der Waals surface area contributed by atoms with Crippen LogP contribution in [0.5, 0.6) is 5.75 Å². The number of hydrogen-bond acceptors (Lipinski definition) is 2. The van der Waals surface area contributed by atoms with E-state index in [1.807, 2.05) is 0 Å². The van der Waals surface area contributed by atoms with Crippen molar-refractivity contribution in [1.82, 2.24) is 0 Å². The molecule has 1 aromatic carbocycles. The number of halogens is 2. The fourth-order valence-electron chi connectivity index (χ4n) is 0.905. The summed E-state index contributed by atoms with van der Waals surface area (Å²) in [7, 11) is 0. The highest BCUT2D eigenvalue weighted by Crippen LogP contribution is 2.23. The van der Waals surface area contributed by atoms with Crippen LogP contribution in [0.4, 0.5) is 8.78 Å². The zero-order valence-electron chi connectivity index (χ0n) is 6.30. The Balaban J connectivity index is 3.04. The molecule has 0 aromatic heterocycles. The average Bonchev–Trinajstić information content (AvgIpc) is 2.08. The summed E-state index contributed by atoms with van der Waals surface area (Å²) in [6.45, 7) is -0.822. The van der Waals surface area contributed by atoms with Crippen LogP contribution in [0.25, 0.3) is 0 Å². The van der Waals surface area contributed by atoms with Crippen LogP contribution in [0, 0.1) is 5.82 Å². The molecule has 1 rings (SSSR count). The lowest BCUT2D eigenvalue weighted by Crippen LogP contribution is -2.12. The van der Waals surface area contributed by atoms with Gasteiger partial charge in [0.1, 0.15) is 18.2 Å². The van der Waals surface area contributed by atoms with Crippen LogP contribution in [-0.4, -0.2) is 11.8 Å². The minimum absolute atomic E-state index is 0.0949. The summed E-state index contributed by atoms with van der Waals surface area (Å²) in [5, 5.41) is 9.12. The van der Waals surface area contributed by atoms with Crippen LogP contribution in [0.2, 0.25) is 0 Å². The molecule has 0 saturated heterocycles. The molecule has 1 aromatic rings. The summed E-state index contributed by atoms with van der Waals surface area (Å²) in [5.74, 6) is -0.715. The van der Waals surface area contributed by atoms with Gasteiger partial charge in [-0.15, -0.1) is 0 Å². The van der Waals surface area contributed by atoms with Crippen LogP contribution in [-0.2, 0) is 0 Å². The van der Waals surface area contributed by atoms with Gasteiger partial charge in [0.2, 0.25) is 0 Å². The number of alkyl halides is 1. The highest BCUT2D eigenvalue weighted by atomic mass is 19.1. The average molecular weight is 173 g/mol. The SMILES string of the molecule is NC(CF)c1cc(F)ccc1O. The zero-order valence-corrected chi connectivity index (χ0v) is 6.30. The van der Waals surface area contributed by atoms with Gasteiger partial charge < -0.3 is 10.8 Å². The first-order valence-electron chi connectivity index (χ1n) is 3.45. The first-order chi connectivity index (χ1) is 5.65. The molecule has 1 atom stereocenters. The lowest BCUT2D eigenvalue weighted by Gasteiger charge is -2.08. The molecule has 66 valence electrons. The first kappa shape index (κ1) is 8.93. The van der Waals surface area contributed by atoms with Gasteiger partial charge >= 0.3 is 0 Å². The van der Waals surface area contributed by atoms with Crippen molar-refractivity contribution in [3.05, 3.63) is 29.6 Å². The second-order valence-electron chi connectivity index (χ2n) is 2.46. The normalized spacial score (nSPS) is 12.9. The second kappa shape index (κ2) is 3.49. The maximum Gasteiger partial charge on any atom is 0.123 e. The first-order valence-corrected chi connectivity index (χ1v) is 3.45. The molecule has 3 N–H and O–H groups in total. The molecule has 12 heavy (non-hydrogen) atoms. The van der Waals surface area contributed by atoms with Gasteiger partial charge in [0.05, 0.1) is 6.04 Å². The number of phenolic OH excluding ortho intramolecular Hbond substituents is 1. The molecule has 0 aliphatic rings. The Hall–Kier alpha value is -1.16. The van der Waals surface area contributed by atoms with Crippen molar-refractivity contribution in [2.45, 2.75) is 6.04 Å². The van der Waals surface area contributed by atoms with Crippen LogP contribution in [0.3, 0.4) is 0 Å². The Bertz CT molecular complexity index is 278. The fourth-order valence-corrected chi connectivity index (χ4v) is 0.905. The molecule has 1 unspecified atom stereocenters.